The number of aromatic nitrogens is 1. The van der Waals surface area contributed by atoms with Gasteiger partial charge in [0.05, 0.1) is 29.0 Å². The topological polar surface area (TPSA) is 57.6 Å². The van der Waals surface area contributed by atoms with Crippen LogP contribution in [0.1, 0.15) is 12.0 Å². The van der Waals surface area contributed by atoms with Gasteiger partial charge in [0.1, 0.15) is 10.8 Å². The molecule has 0 saturated carbocycles. The number of ether oxygens (including phenoxy) is 1. The molecule has 2 N–H and O–H groups in total. The molecule has 1 saturated heterocycles. The van der Waals surface area contributed by atoms with Gasteiger partial charge in [-0.2, -0.15) is 0 Å². The molecule has 0 spiro atoms. The molecule has 0 unspecified atom stereocenters. The molecule has 148 valence electrons. The number of halogens is 1. The molecule has 2 heterocycles. The van der Waals surface area contributed by atoms with Crippen LogP contribution < -0.4 is 5.32 Å². The van der Waals surface area contributed by atoms with E-state index in [1.807, 2.05) is 6.07 Å². The Morgan fingerprint density at radius 3 is 2.89 bits per heavy atom. The highest BCUT2D eigenvalue weighted by molar-refractivity contribution is 7.21. The third-order valence-corrected chi connectivity index (χ3v) is 6.19. The number of morpholine rings is 1. The lowest BCUT2D eigenvalue weighted by molar-refractivity contribution is 0.0374. The summed E-state index contributed by atoms with van der Waals surface area (Å²) >= 11 is 7.65. The van der Waals surface area contributed by atoms with Gasteiger partial charge in [0, 0.05) is 24.7 Å². The van der Waals surface area contributed by atoms with Gasteiger partial charge in [-0.05, 0) is 55.4 Å². The number of fused-ring (bicyclic) bond motifs is 1. The van der Waals surface area contributed by atoms with E-state index in [0.717, 1.165) is 67.6 Å². The van der Waals surface area contributed by atoms with E-state index >= 15 is 0 Å². The summed E-state index contributed by atoms with van der Waals surface area (Å²) in [6.45, 7) is 6.78. The normalized spacial score (nSPS) is 15.3. The second kappa shape index (κ2) is 9.20. The molecule has 5 nitrogen and oxygen atoms in total. The summed E-state index contributed by atoms with van der Waals surface area (Å²) in [5.74, 6) is 0.200. The van der Waals surface area contributed by atoms with Crippen LogP contribution in [-0.4, -0.2) is 54.4 Å². The Morgan fingerprint density at radius 1 is 1.18 bits per heavy atom. The summed E-state index contributed by atoms with van der Waals surface area (Å²) in [4.78, 5) is 7.11. The number of benzene rings is 2. The van der Waals surface area contributed by atoms with Gasteiger partial charge in [0.2, 0.25) is 0 Å². The second-order valence-electron chi connectivity index (χ2n) is 6.97. The van der Waals surface area contributed by atoms with Crippen LogP contribution in [0.2, 0.25) is 5.02 Å². The summed E-state index contributed by atoms with van der Waals surface area (Å²) in [5, 5.41) is 15.0. The molecule has 0 radical (unpaired) electrons. The van der Waals surface area contributed by atoms with E-state index in [9.17, 15) is 5.11 Å². The SMILES string of the molecule is Oc1ccc(Cl)cc1-c1nc2ccc(CNCCCN3CCOCC3)cc2s1. The first-order valence-electron chi connectivity index (χ1n) is 9.58. The number of nitrogens with one attached hydrogen (secondary N) is 1. The van der Waals surface area contributed by atoms with Crippen molar-refractivity contribution in [2.24, 2.45) is 0 Å². The standard InChI is InChI=1S/C21H24ClN3O2S/c22-16-3-5-19(26)17(13-16)21-24-18-4-2-15(12-20(18)28-21)14-23-6-1-7-25-8-10-27-11-9-25/h2-5,12-13,23,26H,1,6-11,14H2. The minimum absolute atomic E-state index is 0.200. The molecular weight excluding hydrogens is 394 g/mol. The molecule has 0 aliphatic carbocycles. The van der Waals surface area contributed by atoms with E-state index in [2.05, 4.69) is 27.3 Å². The lowest BCUT2D eigenvalue weighted by Gasteiger charge is -2.26. The quantitative estimate of drug-likeness (QED) is 0.566. The maximum atomic E-state index is 10.1. The average molecular weight is 418 g/mol. The Labute approximate surface area is 173 Å². The number of thiazole rings is 1. The molecule has 1 aromatic heterocycles. The second-order valence-corrected chi connectivity index (χ2v) is 8.43. The zero-order valence-corrected chi connectivity index (χ0v) is 17.2. The van der Waals surface area contributed by atoms with E-state index in [1.165, 1.54) is 5.56 Å². The van der Waals surface area contributed by atoms with Gasteiger partial charge >= 0.3 is 0 Å². The lowest BCUT2D eigenvalue weighted by atomic mass is 10.2. The first-order chi connectivity index (χ1) is 13.7. The van der Waals surface area contributed by atoms with Gasteiger partial charge in [-0.3, -0.25) is 4.90 Å². The van der Waals surface area contributed by atoms with E-state index in [4.69, 9.17) is 16.3 Å². The number of hydrogen-bond acceptors (Lipinski definition) is 6. The van der Waals surface area contributed by atoms with Gasteiger partial charge in [-0.1, -0.05) is 17.7 Å². The number of nitrogens with zero attached hydrogens (tertiary/aromatic N) is 2. The van der Waals surface area contributed by atoms with Crippen LogP contribution >= 0.6 is 22.9 Å². The third-order valence-electron chi connectivity index (χ3n) is 4.90. The van der Waals surface area contributed by atoms with Crippen molar-refractivity contribution in [3.8, 4) is 16.3 Å². The zero-order valence-electron chi connectivity index (χ0n) is 15.7. The van der Waals surface area contributed by atoms with Gasteiger partial charge in [0.25, 0.3) is 0 Å². The summed E-state index contributed by atoms with van der Waals surface area (Å²) in [6.07, 6.45) is 1.14. The highest BCUT2D eigenvalue weighted by atomic mass is 35.5. The van der Waals surface area contributed by atoms with Crippen LogP contribution in [0.4, 0.5) is 0 Å². The summed E-state index contributed by atoms with van der Waals surface area (Å²) < 4.78 is 6.49. The number of phenolic OH excluding ortho intramolecular Hbond substituents is 1. The van der Waals surface area contributed by atoms with Crippen LogP contribution in [0, 0.1) is 0 Å². The van der Waals surface area contributed by atoms with Crippen molar-refractivity contribution >= 4 is 33.2 Å². The smallest absolute Gasteiger partial charge is 0.128 e. The number of phenols is 1. The van der Waals surface area contributed by atoms with Crippen molar-refractivity contribution < 1.29 is 9.84 Å². The highest BCUT2D eigenvalue weighted by Crippen LogP contribution is 2.36. The molecule has 0 amide bonds. The first-order valence-corrected chi connectivity index (χ1v) is 10.8. The average Bonchev–Trinajstić information content (AvgIpc) is 3.13. The van der Waals surface area contributed by atoms with E-state index in [0.29, 0.717) is 10.6 Å². The van der Waals surface area contributed by atoms with E-state index in [1.54, 1.807) is 29.5 Å². The Kier molecular flexibility index (Phi) is 6.44. The fraction of sp³-hybridized carbons (Fsp3) is 0.381. The highest BCUT2D eigenvalue weighted by Gasteiger charge is 2.12. The molecule has 7 heteroatoms. The Morgan fingerprint density at radius 2 is 2.04 bits per heavy atom. The summed E-state index contributed by atoms with van der Waals surface area (Å²) in [6, 6.07) is 11.4. The molecule has 1 aliphatic rings. The maximum absolute atomic E-state index is 10.1. The van der Waals surface area contributed by atoms with Crippen molar-refractivity contribution in [1.29, 1.82) is 0 Å². The van der Waals surface area contributed by atoms with Crippen LogP contribution in [-0.2, 0) is 11.3 Å². The van der Waals surface area contributed by atoms with Gasteiger partial charge < -0.3 is 15.2 Å². The van der Waals surface area contributed by atoms with Crippen molar-refractivity contribution in [2.75, 3.05) is 39.4 Å². The molecule has 28 heavy (non-hydrogen) atoms. The molecule has 1 fully saturated rings. The first kappa shape index (κ1) is 19.6. The lowest BCUT2D eigenvalue weighted by Crippen LogP contribution is -2.37. The summed E-state index contributed by atoms with van der Waals surface area (Å²) in [7, 11) is 0. The predicted octanol–water partition coefficient (Wildman–Crippen LogP) is 4.13. The van der Waals surface area contributed by atoms with Crippen LogP contribution in [0.15, 0.2) is 36.4 Å². The number of rotatable bonds is 7. The van der Waals surface area contributed by atoms with Crippen LogP contribution in [0.25, 0.3) is 20.8 Å². The monoisotopic (exact) mass is 417 g/mol. The predicted molar refractivity (Wildman–Crippen MR) is 115 cm³/mol. The van der Waals surface area contributed by atoms with Crippen molar-refractivity contribution in [1.82, 2.24) is 15.2 Å². The third kappa shape index (κ3) is 4.82. The molecular formula is C21H24ClN3O2S. The Hall–Kier alpha value is -1.70. The van der Waals surface area contributed by atoms with Crippen molar-refractivity contribution in [3.63, 3.8) is 0 Å². The molecule has 0 atom stereocenters. The van der Waals surface area contributed by atoms with Crippen molar-refractivity contribution in [3.05, 3.63) is 47.0 Å². The molecule has 2 aromatic carbocycles. The van der Waals surface area contributed by atoms with Crippen LogP contribution in [0.5, 0.6) is 5.75 Å². The maximum Gasteiger partial charge on any atom is 0.128 e. The molecule has 3 aromatic rings. The largest absolute Gasteiger partial charge is 0.507 e. The van der Waals surface area contributed by atoms with Gasteiger partial charge in [-0.25, -0.2) is 4.98 Å². The molecule has 4 rings (SSSR count). The van der Waals surface area contributed by atoms with Crippen molar-refractivity contribution in [2.45, 2.75) is 13.0 Å². The van der Waals surface area contributed by atoms with Crippen LogP contribution in [0.3, 0.4) is 0 Å². The van der Waals surface area contributed by atoms with E-state index in [-0.39, 0.29) is 5.75 Å². The van der Waals surface area contributed by atoms with Gasteiger partial charge in [0.15, 0.2) is 0 Å². The Balaban J connectivity index is 1.34. The minimum Gasteiger partial charge on any atom is -0.507 e. The minimum atomic E-state index is 0.200. The zero-order chi connectivity index (χ0) is 19.3. The number of aromatic hydroxyl groups is 1. The molecule has 1 aliphatic heterocycles. The Bertz CT molecular complexity index is 941. The summed E-state index contributed by atoms with van der Waals surface area (Å²) in [5.41, 5.74) is 2.86. The number of hydrogen-bond donors (Lipinski definition) is 2. The fourth-order valence-electron chi connectivity index (χ4n) is 3.36. The van der Waals surface area contributed by atoms with E-state index < -0.39 is 0 Å². The fourth-order valence-corrected chi connectivity index (χ4v) is 4.59. The van der Waals surface area contributed by atoms with Gasteiger partial charge in [-0.15, -0.1) is 11.3 Å². The molecule has 0 bridgehead atoms.